The predicted molar refractivity (Wildman–Crippen MR) is 138 cm³/mol. The minimum absolute atomic E-state index is 0.0469. The zero-order valence-electron chi connectivity index (χ0n) is 21.0. The number of hydrogen-bond donors (Lipinski definition) is 2. The number of alkyl carbamates (subject to hydrolysis) is 1. The maximum atomic E-state index is 14.3. The van der Waals surface area contributed by atoms with Crippen molar-refractivity contribution in [2.24, 2.45) is 0 Å². The van der Waals surface area contributed by atoms with Crippen LogP contribution in [0.25, 0.3) is 16.9 Å². The first kappa shape index (κ1) is 24.4. The number of piperidine rings is 1. The molecule has 37 heavy (non-hydrogen) atoms. The molecule has 1 aliphatic rings. The Balaban J connectivity index is 1.37. The van der Waals surface area contributed by atoms with E-state index in [2.05, 4.69) is 35.6 Å². The van der Waals surface area contributed by atoms with Crippen LogP contribution in [0.4, 0.5) is 26.5 Å². The number of pyridine rings is 2. The van der Waals surface area contributed by atoms with Crippen LogP contribution in [0, 0.1) is 5.82 Å². The molecule has 4 aromatic heterocycles. The van der Waals surface area contributed by atoms with E-state index in [1.807, 2.05) is 32.9 Å². The van der Waals surface area contributed by atoms with Gasteiger partial charge in [-0.05, 0) is 63.9 Å². The van der Waals surface area contributed by atoms with Crippen molar-refractivity contribution in [3.63, 3.8) is 0 Å². The van der Waals surface area contributed by atoms with Crippen LogP contribution in [0.1, 0.15) is 33.6 Å². The lowest BCUT2D eigenvalue weighted by molar-refractivity contribution is 0.0500. The third-order valence-electron chi connectivity index (χ3n) is 5.91. The molecule has 0 saturated carbocycles. The molecule has 5 heterocycles. The number of halogens is 1. The molecular weight excluding hydrogens is 475 g/mol. The molecular formula is C26H29FN8O2. The second-order valence-electron chi connectivity index (χ2n) is 9.92. The molecule has 4 aromatic rings. The summed E-state index contributed by atoms with van der Waals surface area (Å²) in [7, 11) is 0. The van der Waals surface area contributed by atoms with Gasteiger partial charge < -0.3 is 20.3 Å². The van der Waals surface area contributed by atoms with Gasteiger partial charge in [0.15, 0.2) is 5.82 Å². The van der Waals surface area contributed by atoms with Gasteiger partial charge in [-0.25, -0.2) is 14.2 Å². The fourth-order valence-corrected chi connectivity index (χ4v) is 4.34. The number of nitrogens with one attached hydrogen (secondary N) is 2. The summed E-state index contributed by atoms with van der Waals surface area (Å²) in [5.41, 5.74) is 2.42. The number of ether oxygens (including phenoxy) is 1. The van der Waals surface area contributed by atoms with Crippen LogP contribution >= 0.6 is 0 Å². The van der Waals surface area contributed by atoms with Crippen molar-refractivity contribution in [1.82, 2.24) is 29.9 Å². The first-order valence-corrected chi connectivity index (χ1v) is 12.2. The van der Waals surface area contributed by atoms with Crippen molar-refractivity contribution in [3.8, 4) is 11.4 Å². The van der Waals surface area contributed by atoms with Crippen LogP contribution in [0.15, 0.2) is 55.1 Å². The quantitative estimate of drug-likeness (QED) is 0.407. The minimum Gasteiger partial charge on any atom is -0.444 e. The molecule has 2 N–H and O–H groups in total. The Morgan fingerprint density at radius 3 is 2.81 bits per heavy atom. The van der Waals surface area contributed by atoms with Crippen molar-refractivity contribution < 1.29 is 13.9 Å². The number of hydrogen-bond acceptors (Lipinski definition) is 8. The first-order valence-electron chi connectivity index (χ1n) is 12.2. The average molecular weight is 505 g/mol. The number of fused-ring (bicyclic) bond motifs is 1. The van der Waals surface area contributed by atoms with E-state index in [1.54, 1.807) is 35.2 Å². The van der Waals surface area contributed by atoms with Crippen LogP contribution in [-0.4, -0.2) is 55.4 Å². The molecule has 11 heteroatoms. The lowest BCUT2D eigenvalue weighted by atomic mass is 10.0. The summed E-state index contributed by atoms with van der Waals surface area (Å²) < 4.78 is 21.4. The van der Waals surface area contributed by atoms with Gasteiger partial charge in [-0.2, -0.15) is 9.61 Å². The van der Waals surface area contributed by atoms with Gasteiger partial charge in [0.05, 0.1) is 29.3 Å². The number of carbonyl (C=O) groups is 1. The molecule has 0 aliphatic carbocycles. The zero-order chi connectivity index (χ0) is 26.0. The Morgan fingerprint density at radius 2 is 2.00 bits per heavy atom. The SMILES string of the molecule is CC(C)(C)OC(=O)NC1CCCN(c2ccncc2Nc2ncc3ccc(-c4ncccc4F)nn23)C1. The molecule has 0 aromatic carbocycles. The molecule has 5 rings (SSSR count). The third kappa shape index (κ3) is 5.60. The molecule has 1 fully saturated rings. The van der Waals surface area contributed by atoms with E-state index in [9.17, 15) is 9.18 Å². The van der Waals surface area contributed by atoms with E-state index in [-0.39, 0.29) is 11.7 Å². The number of rotatable bonds is 5. The van der Waals surface area contributed by atoms with Crippen molar-refractivity contribution >= 4 is 28.9 Å². The van der Waals surface area contributed by atoms with Crippen LogP contribution in [-0.2, 0) is 4.74 Å². The van der Waals surface area contributed by atoms with E-state index in [0.717, 1.165) is 36.3 Å². The molecule has 1 amide bonds. The average Bonchev–Trinajstić information content (AvgIpc) is 3.25. The summed E-state index contributed by atoms with van der Waals surface area (Å²) in [6.07, 6.45) is 8.04. The van der Waals surface area contributed by atoms with Gasteiger partial charge in [-0.1, -0.05) is 0 Å². The standard InChI is InChI=1S/C26H29FN8O2/c1-26(2,3)37-25(36)31-17-6-5-13-34(16-17)22-10-12-28-15-21(22)32-24-30-14-18-8-9-20(33-35(18)24)23-19(27)7-4-11-29-23/h4,7-12,14-15,17H,5-6,13,16H2,1-3H3,(H,30,32)(H,31,36). The van der Waals surface area contributed by atoms with Gasteiger partial charge in [0.2, 0.25) is 5.95 Å². The maximum Gasteiger partial charge on any atom is 0.407 e. The highest BCUT2D eigenvalue weighted by atomic mass is 19.1. The van der Waals surface area contributed by atoms with Gasteiger partial charge in [0.25, 0.3) is 0 Å². The second-order valence-corrected chi connectivity index (χ2v) is 9.92. The number of anilines is 3. The molecule has 1 aliphatic heterocycles. The van der Waals surface area contributed by atoms with E-state index < -0.39 is 17.5 Å². The monoisotopic (exact) mass is 504 g/mol. The molecule has 1 unspecified atom stereocenters. The summed E-state index contributed by atoms with van der Waals surface area (Å²) in [6, 6.07) is 8.31. The third-order valence-corrected chi connectivity index (χ3v) is 5.91. The van der Waals surface area contributed by atoms with Crippen LogP contribution in [0.2, 0.25) is 0 Å². The van der Waals surface area contributed by atoms with Gasteiger partial charge in [-0.3, -0.25) is 9.97 Å². The summed E-state index contributed by atoms with van der Waals surface area (Å²) in [4.78, 5) is 27.4. The molecule has 1 atom stereocenters. The van der Waals surface area contributed by atoms with Crippen molar-refractivity contribution in [2.45, 2.75) is 45.3 Å². The molecule has 0 bridgehead atoms. The van der Waals surface area contributed by atoms with Crippen molar-refractivity contribution in [1.29, 1.82) is 0 Å². The predicted octanol–water partition coefficient (Wildman–Crippen LogP) is 4.56. The Kier molecular flexibility index (Phi) is 6.60. The Bertz CT molecular complexity index is 1420. The summed E-state index contributed by atoms with van der Waals surface area (Å²) in [6.45, 7) is 6.99. The van der Waals surface area contributed by atoms with Gasteiger partial charge in [-0.15, -0.1) is 0 Å². The molecule has 1 saturated heterocycles. The highest BCUT2D eigenvalue weighted by Crippen LogP contribution is 2.30. The second kappa shape index (κ2) is 10.00. The topological polar surface area (TPSA) is 110 Å². The fourth-order valence-electron chi connectivity index (χ4n) is 4.34. The molecule has 0 spiro atoms. The number of aromatic nitrogens is 5. The Hall–Kier alpha value is -4.28. The lowest BCUT2D eigenvalue weighted by Gasteiger charge is -2.35. The Labute approximate surface area is 213 Å². The van der Waals surface area contributed by atoms with E-state index in [1.165, 1.54) is 12.3 Å². The number of amides is 1. The normalized spacial score (nSPS) is 16.0. The largest absolute Gasteiger partial charge is 0.444 e. The van der Waals surface area contributed by atoms with Gasteiger partial charge in [0, 0.05) is 31.5 Å². The van der Waals surface area contributed by atoms with Gasteiger partial charge in [0.1, 0.15) is 17.0 Å². The molecule has 192 valence electrons. The van der Waals surface area contributed by atoms with Gasteiger partial charge >= 0.3 is 6.09 Å². The summed E-state index contributed by atoms with van der Waals surface area (Å²) >= 11 is 0. The van der Waals surface area contributed by atoms with E-state index >= 15 is 0 Å². The highest BCUT2D eigenvalue weighted by molar-refractivity contribution is 5.74. The fraction of sp³-hybridized carbons (Fsp3) is 0.346. The van der Waals surface area contributed by atoms with Crippen LogP contribution < -0.4 is 15.5 Å². The smallest absolute Gasteiger partial charge is 0.407 e. The number of nitrogens with zero attached hydrogens (tertiary/aromatic N) is 6. The highest BCUT2D eigenvalue weighted by Gasteiger charge is 2.26. The Morgan fingerprint density at radius 1 is 1.14 bits per heavy atom. The van der Waals surface area contributed by atoms with Crippen LogP contribution in [0.3, 0.4) is 0 Å². The van der Waals surface area contributed by atoms with Crippen molar-refractivity contribution in [2.75, 3.05) is 23.3 Å². The number of carbonyl (C=O) groups excluding carboxylic acids is 1. The van der Waals surface area contributed by atoms with Crippen LogP contribution in [0.5, 0.6) is 0 Å². The summed E-state index contributed by atoms with van der Waals surface area (Å²) in [5.74, 6) is 0.0149. The van der Waals surface area contributed by atoms with Crippen molar-refractivity contribution in [3.05, 3.63) is 60.9 Å². The minimum atomic E-state index is -0.552. The summed E-state index contributed by atoms with van der Waals surface area (Å²) in [5, 5.41) is 10.9. The first-order chi connectivity index (χ1) is 17.8. The molecule has 0 radical (unpaired) electrons. The van der Waals surface area contributed by atoms with E-state index in [4.69, 9.17) is 4.74 Å². The zero-order valence-corrected chi connectivity index (χ0v) is 21.0. The number of imidazole rings is 1. The van der Waals surface area contributed by atoms with E-state index in [0.29, 0.717) is 18.2 Å². The maximum absolute atomic E-state index is 14.3. The lowest BCUT2D eigenvalue weighted by Crippen LogP contribution is -2.49. The molecule has 10 nitrogen and oxygen atoms in total.